The fourth-order valence-corrected chi connectivity index (χ4v) is 2.47. The lowest BCUT2D eigenvalue weighted by Crippen LogP contribution is -2.13. The van der Waals surface area contributed by atoms with E-state index < -0.39 is 5.97 Å². The third kappa shape index (κ3) is 3.03. The average molecular weight is 320 g/mol. The second-order valence-electron chi connectivity index (χ2n) is 3.88. The molecule has 0 bridgehead atoms. The van der Waals surface area contributed by atoms with Crippen molar-refractivity contribution in [2.75, 3.05) is 0 Å². The number of halogens is 3. The summed E-state index contributed by atoms with van der Waals surface area (Å²) in [6, 6.07) is 4.51. The maximum Gasteiger partial charge on any atom is 0.362 e. The van der Waals surface area contributed by atoms with E-state index in [1.54, 1.807) is 20.0 Å². The molecule has 0 fully saturated rings. The predicted octanol–water partition coefficient (Wildman–Crippen LogP) is 3.91. The monoisotopic (exact) mass is 318 g/mol. The SMILES string of the molecule is Cc1cc(C(=O)Oc2c(Cl)cc(Cl)cc2Cl)n(C)n1. The quantitative estimate of drug-likeness (QED) is 0.623. The number of aromatic nitrogens is 2. The molecule has 0 aliphatic carbocycles. The zero-order valence-electron chi connectivity index (χ0n) is 10.1. The van der Waals surface area contributed by atoms with Crippen LogP contribution in [-0.2, 0) is 7.05 Å². The summed E-state index contributed by atoms with van der Waals surface area (Å²) in [5.41, 5.74) is 1.02. The molecule has 0 N–H and O–H groups in total. The molecule has 0 amide bonds. The Morgan fingerprint density at radius 2 is 1.79 bits per heavy atom. The first-order valence-electron chi connectivity index (χ1n) is 5.26. The van der Waals surface area contributed by atoms with Gasteiger partial charge in [-0.2, -0.15) is 5.10 Å². The highest BCUT2D eigenvalue weighted by Crippen LogP contribution is 2.36. The van der Waals surface area contributed by atoms with Crippen LogP contribution in [0.3, 0.4) is 0 Å². The van der Waals surface area contributed by atoms with E-state index in [9.17, 15) is 4.79 Å². The zero-order valence-corrected chi connectivity index (χ0v) is 12.3. The number of nitrogens with zero attached hydrogens (tertiary/aromatic N) is 2. The Morgan fingerprint density at radius 1 is 1.21 bits per heavy atom. The molecule has 100 valence electrons. The van der Waals surface area contributed by atoms with Crippen LogP contribution in [0.5, 0.6) is 5.75 Å². The molecule has 7 heteroatoms. The van der Waals surface area contributed by atoms with Crippen LogP contribution in [0.15, 0.2) is 18.2 Å². The van der Waals surface area contributed by atoms with E-state index in [4.69, 9.17) is 39.5 Å². The second-order valence-corrected chi connectivity index (χ2v) is 5.13. The Labute approximate surface area is 124 Å². The van der Waals surface area contributed by atoms with Crippen LogP contribution in [-0.4, -0.2) is 15.7 Å². The number of hydrogen-bond acceptors (Lipinski definition) is 3. The number of carbonyl (C=O) groups excluding carboxylic acids is 1. The van der Waals surface area contributed by atoms with Crippen molar-refractivity contribution in [1.82, 2.24) is 9.78 Å². The molecule has 1 aromatic carbocycles. The van der Waals surface area contributed by atoms with Crippen molar-refractivity contribution in [1.29, 1.82) is 0 Å². The maximum absolute atomic E-state index is 12.0. The summed E-state index contributed by atoms with van der Waals surface area (Å²) in [5.74, 6) is -0.509. The van der Waals surface area contributed by atoms with Gasteiger partial charge in [-0.25, -0.2) is 4.79 Å². The molecule has 0 aliphatic heterocycles. The molecule has 4 nitrogen and oxygen atoms in total. The Morgan fingerprint density at radius 3 is 2.26 bits per heavy atom. The third-order valence-electron chi connectivity index (χ3n) is 2.37. The number of aryl methyl sites for hydroxylation is 2. The summed E-state index contributed by atoms with van der Waals surface area (Å²) in [7, 11) is 1.65. The first-order valence-corrected chi connectivity index (χ1v) is 6.39. The number of carbonyl (C=O) groups is 1. The number of hydrogen-bond donors (Lipinski definition) is 0. The molecule has 0 radical (unpaired) electrons. The average Bonchev–Trinajstić information content (AvgIpc) is 2.62. The van der Waals surface area contributed by atoms with E-state index in [0.717, 1.165) is 0 Å². The lowest BCUT2D eigenvalue weighted by molar-refractivity contribution is 0.0723. The summed E-state index contributed by atoms with van der Waals surface area (Å²) >= 11 is 17.7. The molecule has 0 atom stereocenters. The van der Waals surface area contributed by atoms with Crippen molar-refractivity contribution in [3.8, 4) is 5.75 Å². The minimum Gasteiger partial charge on any atom is -0.419 e. The van der Waals surface area contributed by atoms with Gasteiger partial charge in [0.25, 0.3) is 0 Å². The normalized spacial score (nSPS) is 10.6. The highest BCUT2D eigenvalue weighted by Gasteiger charge is 2.18. The second kappa shape index (κ2) is 5.41. The molecule has 0 spiro atoms. The van der Waals surface area contributed by atoms with Gasteiger partial charge in [0.15, 0.2) is 5.75 Å². The molecule has 1 heterocycles. The Kier molecular flexibility index (Phi) is 4.04. The standard InChI is InChI=1S/C12H9Cl3N2O2/c1-6-3-10(17(2)16-6)12(18)19-11-8(14)4-7(13)5-9(11)15/h3-5H,1-2H3. The minimum absolute atomic E-state index is 0.0802. The molecule has 2 aromatic rings. The van der Waals surface area contributed by atoms with Gasteiger partial charge in [-0.05, 0) is 25.1 Å². The summed E-state index contributed by atoms with van der Waals surface area (Å²) in [4.78, 5) is 12.0. The molecule has 1 aromatic heterocycles. The zero-order chi connectivity index (χ0) is 14.2. The van der Waals surface area contributed by atoms with Crippen LogP contribution in [0.2, 0.25) is 15.1 Å². The van der Waals surface area contributed by atoms with Gasteiger partial charge in [0.1, 0.15) is 5.69 Å². The van der Waals surface area contributed by atoms with E-state index in [-0.39, 0.29) is 15.8 Å². The summed E-state index contributed by atoms with van der Waals surface area (Å²) in [6.07, 6.45) is 0. The molecule has 19 heavy (non-hydrogen) atoms. The van der Waals surface area contributed by atoms with Gasteiger partial charge in [-0.3, -0.25) is 4.68 Å². The number of rotatable bonds is 2. The van der Waals surface area contributed by atoms with Gasteiger partial charge in [-0.1, -0.05) is 34.8 Å². The fraction of sp³-hybridized carbons (Fsp3) is 0.167. The van der Waals surface area contributed by atoms with Crippen molar-refractivity contribution in [3.63, 3.8) is 0 Å². The number of ether oxygens (including phenoxy) is 1. The molecule has 0 saturated heterocycles. The topological polar surface area (TPSA) is 44.1 Å². The van der Waals surface area contributed by atoms with Gasteiger partial charge >= 0.3 is 5.97 Å². The summed E-state index contributed by atoms with van der Waals surface area (Å²) in [6.45, 7) is 1.78. The predicted molar refractivity (Wildman–Crippen MR) is 74.4 cm³/mol. The van der Waals surface area contributed by atoms with E-state index in [1.165, 1.54) is 16.8 Å². The summed E-state index contributed by atoms with van der Waals surface area (Å²) in [5, 5.41) is 4.77. The van der Waals surface area contributed by atoms with E-state index in [0.29, 0.717) is 16.4 Å². The van der Waals surface area contributed by atoms with Gasteiger partial charge < -0.3 is 4.74 Å². The van der Waals surface area contributed by atoms with Crippen molar-refractivity contribution in [2.45, 2.75) is 6.92 Å². The lowest BCUT2D eigenvalue weighted by Gasteiger charge is -2.08. The smallest absolute Gasteiger partial charge is 0.362 e. The molecule has 0 aliphatic rings. The highest BCUT2D eigenvalue weighted by atomic mass is 35.5. The Bertz CT molecular complexity index is 629. The third-order valence-corrected chi connectivity index (χ3v) is 3.15. The summed E-state index contributed by atoms with van der Waals surface area (Å²) < 4.78 is 6.61. The molecule has 0 saturated carbocycles. The van der Waals surface area contributed by atoms with Crippen molar-refractivity contribution < 1.29 is 9.53 Å². The number of esters is 1. The Hall–Kier alpha value is -1.23. The first kappa shape index (κ1) is 14.2. The molecular formula is C12H9Cl3N2O2. The lowest BCUT2D eigenvalue weighted by atomic mass is 10.3. The van der Waals surface area contributed by atoms with Crippen LogP contribution in [0.4, 0.5) is 0 Å². The first-order chi connectivity index (χ1) is 8.88. The van der Waals surface area contributed by atoms with Gasteiger partial charge in [0.2, 0.25) is 0 Å². The van der Waals surface area contributed by atoms with Crippen LogP contribution < -0.4 is 4.74 Å². The fourth-order valence-electron chi connectivity index (χ4n) is 1.57. The van der Waals surface area contributed by atoms with Crippen molar-refractivity contribution >= 4 is 40.8 Å². The van der Waals surface area contributed by atoms with Gasteiger partial charge in [0, 0.05) is 12.1 Å². The van der Waals surface area contributed by atoms with Crippen LogP contribution in [0.1, 0.15) is 16.2 Å². The molecule has 2 rings (SSSR count). The van der Waals surface area contributed by atoms with Gasteiger partial charge in [-0.15, -0.1) is 0 Å². The van der Waals surface area contributed by atoms with Crippen LogP contribution in [0.25, 0.3) is 0 Å². The maximum atomic E-state index is 12.0. The largest absolute Gasteiger partial charge is 0.419 e. The van der Waals surface area contributed by atoms with Crippen LogP contribution >= 0.6 is 34.8 Å². The van der Waals surface area contributed by atoms with Crippen molar-refractivity contribution in [2.24, 2.45) is 7.05 Å². The van der Waals surface area contributed by atoms with E-state index in [1.807, 2.05) is 0 Å². The molecular weight excluding hydrogens is 311 g/mol. The van der Waals surface area contributed by atoms with Crippen LogP contribution in [0, 0.1) is 6.92 Å². The minimum atomic E-state index is -0.589. The van der Waals surface area contributed by atoms with E-state index in [2.05, 4.69) is 5.10 Å². The Balaban J connectivity index is 2.32. The highest BCUT2D eigenvalue weighted by molar-refractivity contribution is 6.40. The van der Waals surface area contributed by atoms with Crippen molar-refractivity contribution in [3.05, 3.63) is 44.7 Å². The molecule has 0 unspecified atom stereocenters. The van der Waals surface area contributed by atoms with Gasteiger partial charge in [0.05, 0.1) is 15.7 Å². The number of benzene rings is 1. The van der Waals surface area contributed by atoms with E-state index >= 15 is 0 Å².